The van der Waals surface area contributed by atoms with Crippen LogP contribution in [0.25, 0.3) is 0 Å². The standard InChI is InChI=1S/C15H12Cl2N2O4/c1-15(2)22-13(20)9(14(21)23-15)7-19-12-10(16)5-8(3-4-18)6-11(12)17/h5-7,19H,3H2,1-2H3. The first-order valence-corrected chi connectivity index (χ1v) is 7.27. The summed E-state index contributed by atoms with van der Waals surface area (Å²) < 4.78 is 9.93. The number of anilines is 1. The topological polar surface area (TPSA) is 88.4 Å². The van der Waals surface area contributed by atoms with Gasteiger partial charge in [0.15, 0.2) is 5.57 Å². The molecule has 1 aliphatic rings. The highest BCUT2D eigenvalue weighted by molar-refractivity contribution is 6.39. The van der Waals surface area contributed by atoms with Gasteiger partial charge in [-0.3, -0.25) is 0 Å². The van der Waals surface area contributed by atoms with Crippen molar-refractivity contribution in [1.29, 1.82) is 5.26 Å². The Morgan fingerprint density at radius 2 is 1.74 bits per heavy atom. The second-order valence-electron chi connectivity index (χ2n) is 5.15. The van der Waals surface area contributed by atoms with E-state index in [2.05, 4.69) is 5.32 Å². The highest BCUT2D eigenvalue weighted by Crippen LogP contribution is 2.32. The molecule has 0 atom stereocenters. The lowest BCUT2D eigenvalue weighted by Crippen LogP contribution is -2.42. The summed E-state index contributed by atoms with van der Waals surface area (Å²) in [4.78, 5) is 23.6. The number of nitrogens with zero attached hydrogens (tertiary/aromatic N) is 1. The van der Waals surface area contributed by atoms with E-state index in [4.69, 9.17) is 37.9 Å². The average molecular weight is 355 g/mol. The van der Waals surface area contributed by atoms with Gasteiger partial charge in [-0.25, -0.2) is 9.59 Å². The molecule has 1 aliphatic heterocycles. The monoisotopic (exact) mass is 354 g/mol. The quantitative estimate of drug-likeness (QED) is 0.509. The molecule has 1 N–H and O–H groups in total. The van der Waals surface area contributed by atoms with Crippen LogP contribution in [0.2, 0.25) is 10.0 Å². The van der Waals surface area contributed by atoms with Gasteiger partial charge in [0.05, 0.1) is 28.2 Å². The zero-order valence-corrected chi connectivity index (χ0v) is 13.8. The molecular weight excluding hydrogens is 343 g/mol. The lowest BCUT2D eigenvalue weighted by Gasteiger charge is -2.29. The number of nitrogens with one attached hydrogen (secondary N) is 1. The van der Waals surface area contributed by atoms with Crippen molar-refractivity contribution in [2.75, 3.05) is 5.32 Å². The molecule has 8 heteroatoms. The molecule has 1 aromatic carbocycles. The van der Waals surface area contributed by atoms with E-state index in [1.807, 2.05) is 6.07 Å². The number of carbonyl (C=O) groups excluding carboxylic acids is 2. The number of carbonyl (C=O) groups is 2. The molecule has 1 saturated heterocycles. The molecule has 0 amide bonds. The third kappa shape index (κ3) is 3.95. The fourth-order valence-corrected chi connectivity index (χ4v) is 2.52. The minimum atomic E-state index is -1.31. The Morgan fingerprint density at radius 3 is 2.22 bits per heavy atom. The third-order valence-electron chi connectivity index (χ3n) is 2.86. The first kappa shape index (κ1) is 17.1. The minimum Gasteiger partial charge on any atom is -0.419 e. The third-order valence-corrected chi connectivity index (χ3v) is 3.46. The number of halogens is 2. The van der Waals surface area contributed by atoms with E-state index < -0.39 is 17.7 Å². The van der Waals surface area contributed by atoms with Gasteiger partial charge in [-0.05, 0) is 17.7 Å². The van der Waals surface area contributed by atoms with Crippen LogP contribution in [0.1, 0.15) is 19.4 Å². The molecule has 0 saturated carbocycles. The molecule has 1 fully saturated rings. The normalized spacial score (nSPS) is 16.2. The minimum absolute atomic E-state index is 0.161. The highest BCUT2D eigenvalue weighted by Gasteiger charge is 2.39. The van der Waals surface area contributed by atoms with Crippen molar-refractivity contribution in [3.8, 4) is 6.07 Å². The number of ether oxygens (including phenoxy) is 2. The Labute approximate surface area is 142 Å². The van der Waals surface area contributed by atoms with Crippen LogP contribution in [0.4, 0.5) is 5.69 Å². The van der Waals surface area contributed by atoms with Crippen LogP contribution in [-0.4, -0.2) is 17.7 Å². The highest BCUT2D eigenvalue weighted by atomic mass is 35.5. The van der Waals surface area contributed by atoms with Crippen LogP contribution in [0, 0.1) is 11.3 Å². The maximum atomic E-state index is 11.8. The summed E-state index contributed by atoms with van der Waals surface area (Å²) in [5.74, 6) is -2.93. The van der Waals surface area contributed by atoms with E-state index >= 15 is 0 Å². The van der Waals surface area contributed by atoms with Gasteiger partial charge in [0.1, 0.15) is 0 Å². The van der Waals surface area contributed by atoms with E-state index in [0.29, 0.717) is 11.3 Å². The molecule has 2 rings (SSSR count). The Kier molecular flexibility index (Phi) is 4.83. The average Bonchev–Trinajstić information content (AvgIpc) is 2.39. The van der Waals surface area contributed by atoms with E-state index in [9.17, 15) is 9.59 Å². The van der Waals surface area contributed by atoms with E-state index in [0.717, 1.165) is 6.20 Å². The molecule has 23 heavy (non-hydrogen) atoms. The number of hydrogen-bond acceptors (Lipinski definition) is 6. The number of cyclic esters (lactones) is 2. The van der Waals surface area contributed by atoms with Crippen LogP contribution in [0.3, 0.4) is 0 Å². The number of rotatable bonds is 3. The van der Waals surface area contributed by atoms with Gasteiger partial charge in [0, 0.05) is 20.0 Å². The smallest absolute Gasteiger partial charge is 0.350 e. The zero-order valence-electron chi connectivity index (χ0n) is 12.3. The van der Waals surface area contributed by atoms with Crippen molar-refractivity contribution >= 4 is 40.8 Å². The second kappa shape index (κ2) is 6.49. The van der Waals surface area contributed by atoms with Crippen molar-refractivity contribution < 1.29 is 19.1 Å². The Morgan fingerprint density at radius 1 is 1.22 bits per heavy atom. The molecular formula is C15H12Cl2N2O4. The van der Waals surface area contributed by atoms with Gasteiger partial charge in [-0.2, -0.15) is 5.26 Å². The lowest BCUT2D eigenvalue weighted by molar-refractivity contribution is -0.222. The van der Waals surface area contributed by atoms with Crippen LogP contribution in [0.5, 0.6) is 0 Å². The van der Waals surface area contributed by atoms with Crippen molar-refractivity contribution in [2.45, 2.75) is 26.1 Å². The summed E-state index contributed by atoms with van der Waals surface area (Å²) in [5.41, 5.74) is 0.643. The predicted octanol–water partition coefficient (Wildman–Crippen LogP) is 3.19. The number of hydrogen-bond donors (Lipinski definition) is 1. The zero-order chi connectivity index (χ0) is 17.2. The first-order valence-electron chi connectivity index (χ1n) is 6.52. The number of benzene rings is 1. The Bertz CT molecular complexity index is 705. The van der Waals surface area contributed by atoms with E-state index in [-0.39, 0.29) is 22.0 Å². The number of esters is 2. The summed E-state index contributed by atoms with van der Waals surface area (Å²) in [7, 11) is 0. The molecule has 0 aromatic heterocycles. The molecule has 0 aliphatic carbocycles. The largest absolute Gasteiger partial charge is 0.419 e. The maximum Gasteiger partial charge on any atom is 0.350 e. The van der Waals surface area contributed by atoms with E-state index in [1.54, 1.807) is 12.1 Å². The van der Waals surface area contributed by atoms with Crippen LogP contribution < -0.4 is 5.32 Å². The molecule has 1 aromatic rings. The van der Waals surface area contributed by atoms with Crippen molar-refractivity contribution in [3.63, 3.8) is 0 Å². The van der Waals surface area contributed by atoms with Gasteiger partial charge in [-0.15, -0.1) is 0 Å². The van der Waals surface area contributed by atoms with Gasteiger partial charge in [0.2, 0.25) is 0 Å². The molecule has 6 nitrogen and oxygen atoms in total. The lowest BCUT2D eigenvalue weighted by atomic mass is 10.1. The summed E-state index contributed by atoms with van der Waals surface area (Å²) in [5, 5.41) is 11.9. The molecule has 120 valence electrons. The fraction of sp³-hybridized carbons (Fsp3) is 0.267. The van der Waals surface area contributed by atoms with Crippen LogP contribution >= 0.6 is 23.2 Å². The maximum absolute atomic E-state index is 11.8. The van der Waals surface area contributed by atoms with Gasteiger partial charge in [0.25, 0.3) is 5.79 Å². The fourth-order valence-electron chi connectivity index (χ4n) is 1.88. The predicted molar refractivity (Wildman–Crippen MR) is 83.7 cm³/mol. The SMILES string of the molecule is CC1(C)OC(=O)C(=CNc2c(Cl)cc(CC#N)cc2Cl)C(=O)O1. The van der Waals surface area contributed by atoms with Gasteiger partial charge < -0.3 is 14.8 Å². The van der Waals surface area contributed by atoms with Crippen molar-refractivity contribution in [1.82, 2.24) is 0 Å². The van der Waals surface area contributed by atoms with Crippen LogP contribution in [-0.2, 0) is 25.5 Å². The molecule has 1 heterocycles. The molecule has 0 spiro atoms. The van der Waals surface area contributed by atoms with Crippen molar-refractivity contribution in [3.05, 3.63) is 39.5 Å². The Balaban J connectivity index is 2.25. The molecule has 0 unspecified atom stereocenters. The Hall–Kier alpha value is -2.23. The van der Waals surface area contributed by atoms with Gasteiger partial charge >= 0.3 is 11.9 Å². The molecule has 0 bridgehead atoms. The summed E-state index contributed by atoms with van der Waals surface area (Å²) in [6, 6.07) is 5.12. The second-order valence-corrected chi connectivity index (χ2v) is 5.96. The van der Waals surface area contributed by atoms with Crippen molar-refractivity contribution in [2.24, 2.45) is 0 Å². The summed E-state index contributed by atoms with van der Waals surface area (Å²) in [6.45, 7) is 2.91. The first-order chi connectivity index (χ1) is 10.7. The summed E-state index contributed by atoms with van der Waals surface area (Å²) in [6.07, 6.45) is 1.28. The number of nitriles is 1. The molecule has 0 radical (unpaired) electrons. The van der Waals surface area contributed by atoms with Gasteiger partial charge in [-0.1, -0.05) is 23.2 Å². The van der Waals surface area contributed by atoms with Crippen LogP contribution in [0.15, 0.2) is 23.9 Å². The van der Waals surface area contributed by atoms with E-state index in [1.165, 1.54) is 13.8 Å². The summed E-state index contributed by atoms with van der Waals surface area (Å²) >= 11 is 12.2.